The quantitative estimate of drug-likeness (QED) is 0.800. The lowest BCUT2D eigenvalue weighted by molar-refractivity contribution is -0.138. The van der Waals surface area contributed by atoms with Crippen molar-refractivity contribution in [3.05, 3.63) is 35.5 Å². The minimum absolute atomic E-state index is 0.127. The lowest BCUT2D eigenvalue weighted by Gasteiger charge is -2.36. The molecule has 0 N–H and O–H groups in total. The van der Waals surface area contributed by atoms with Gasteiger partial charge in [-0.1, -0.05) is 11.2 Å². The van der Waals surface area contributed by atoms with Crippen LogP contribution in [0, 0.1) is 12.8 Å². The van der Waals surface area contributed by atoms with Crippen molar-refractivity contribution in [3.8, 4) is 11.5 Å². The number of carbonyl (C=O) groups is 1. The molecule has 27 heavy (non-hydrogen) atoms. The van der Waals surface area contributed by atoms with Gasteiger partial charge in [0.15, 0.2) is 5.82 Å². The van der Waals surface area contributed by atoms with E-state index in [0.29, 0.717) is 44.4 Å². The van der Waals surface area contributed by atoms with Gasteiger partial charge in [0.25, 0.3) is 0 Å². The Balaban J connectivity index is 1.31. The molecule has 4 rings (SSSR count). The Morgan fingerprint density at radius 1 is 1.30 bits per heavy atom. The van der Waals surface area contributed by atoms with E-state index in [1.807, 2.05) is 23.1 Å². The molecule has 3 heterocycles. The summed E-state index contributed by atoms with van der Waals surface area (Å²) in [5, 5.41) is 3.94. The third-order valence-corrected chi connectivity index (χ3v) is 5.15. The molecule has 0 aliphatic carbocycles. The van der Waals surface area contributed by atoms with Crippen LogP contribution in [0.2, 0.25) is 0 Å². The third kappa shape index (κ3) is 3.90. The van der Waals surface area contributed by atoms with E-state index in [1.165, 1.54) is 0 Å². The Morgan fingerprint density at radius 2 is 2.11 bits per heavy atom. The van der Waals surface area contributed by atoms with Crippen molar-refractivity contribution in [1.82, 2.24) is 19.9 Å². The summed E-state index contributed by atoms with van der Waals surface area (Å²) in [4.78, 5) is 21.3. The maximum absolute atomic E-state index is 12.9. The highest BCUT2D eigenvalue weighted by molar-refractivity contribution is 5.80. The smallest absolute Gasteiger partial charge is 0.229 e. The lowest BCUT2D eigenvalue weighted by Crippen LogP contribution is -2.51. The zero-order valence-corrected chi connectivity index (χ0v) is 15.7. The van der Waals surface area contributed by atoms with Crippen molar-refractivity contribution in [1.29, 1.82) is 0 Å². The van der Waals surface area contributed by atoms with Crippen molar-refractivity contribution in [2.45, 2.75) is 19.9 Å². The van der Waals surface area contributed by atoms with Gasteiger partial charge in [-0.3, -0.25) is 9.69 Å². The average Bonchev–Trinajstić information content (AvgIpc) is 3.11. The molecule has 0 radical (unpaired) electrons. The molecule has 2 aromatic rings. The number of piperazine rings is 1. The summed E-state index contributed by atoms with van der Waals surface area (Å²) in [6.07, 6.45) is 0.709. The number of carbonyl (C=O) groups excluding carboxylic acids is 1. The summed E-state index contributed by atoms with van der Waals surface area (Å²) in [6, 6.07) is 5.78. The normalized spacial score (nSPS) is 20.1. The van der Waals surface area contributed by atoms with Crippen molar-refractivity contribution in [3.63, 3.8) is 0 Å². The van der Waals surface area contributed by atoms with Crippen LogP contribution < -0.4 is 9.47 Å². The molecule has 1 saturated heterocycles. The Hall–Kier alpha value is -2.61. The first-order chi connectivity index (χ1) is 13.1. The van der Waals surface area contributed by atoms with Crippen LogP contribution in [0.1, 0.15) is 17.3 Å². The number of nitrogens with zero attached hydrogens (tertiary/aromatic N) is 4. The van der Waals surface area contributed by atoms with E-state index in [2.05, 4.69) is 15.0 Å². The van der Waals surface area contributed by atoms with Crippen molar-refractivity contribution < 1.29 is 18.8 Å². The molecular weight excluding hydrogens is 348 g/mol. The highest BCUT2D eigenvalue weighted by atomic mass is 16.5. The molecule has 8 heteroatoms. The van der Waals surface area contributed by atoms with E-state index in [-0.39, 0.29) is 11.8 Å². The fourth-order valence-corrected chi connectivity index (χ4v) is 3.63. The van der Waals surface area contributed by atoms with Gasteiger partial charge in [-0.05, 0) is 18.1 Å². The second kappa shape index (κ2) is 7.56. The predicted octanol–water partition coefficient (Wildman–Crippen LogP) is 1.28. The van der Waals surface area contributed by atoms with Crippen LogP contribution >= 0.6 is 0 Å². The number of benzene rings is 1. The number of hydrogen-bond donors (Lipinski definition) is 0. The highest BCUT2D eigenvalue weighted by Gasteiger charge is 2.31. The number of ether oxygens (including phenoxy) is 2. The second-order valence-corrected chi connectivity index (χ2v) is 7.02. The molecule has 1 aromatic carbocycles. The maximum atomic E-state index is 12.9. The first-order valence-electron chi connectivity index (χ1n) is 9.22. The third-order valence-electron chi connectivity index (χ3n) is 5.15. The monoisotopic (exact) mass is 372 g/mol. The molecule has 0 spiro atoms. The van der Waals surface area contributed by atoms with Crippen LogP contribution in [0.25, 0.3) is 0 Å². The molecule has 0 bridgehead atoms. The first kappa shape index (κ1) is 17.8. The van der Waals surface area contributed by atoms with Gasteiger partial charge < -0.3 is 18.9 Å². The zero-order valence-electron chi connectivity index (χ0n) is 15.7. The van der Waals surface area contributed by atoms with Gasteiger partial charge in [0.1, 0.15) is 18.1 Å². The van der Waals surface area contributed by atoms with E-state index in [4.69, 9.17) is 14.0 Å². The number of hydrogen-bond acceptors (Lipinski definition) is 7. The Morgan fingerprint density at radius 3 is 2.81 bits per heavy atom. The van der Waals surface area contributed by atoms with E-state index in [1.54, 1.807) is 14.0 Å². The zero-order chi connectivity index (χ0) is 18.8. The molecule has 0 unspecified atom stereocenters. The standard InChI is InChI=1S/C19H24N4O4/c1-13-20-18(21-27-13)11-22-5-7-23(8-6-22)19(24)15-9-14-3-4-16(25-2)10-17(14)26-12-15/h3-4,10,15H,5-9,11-12H2,1-2H3/t15-/m1/s1. The number of fused-ring (bicyclic) bond motifs is 1. The van der Waals surface area contributed by atoms with Crippen molar-refractivity contribution >= 4 is 5.91 Å². The van der Waals surface area contributed by atoms with Gasteiger partial charge in [-0.2, -0.15) is 4.98 Å². The fraction of sp³-hybridized carbons (Fsp3) is 0.526. The summed E-state index contributed by atoms with van der Waals surface area (Å²) in [6.45, 7) is 5.89. The van der Waals surface area contributed by atoms with Crippen LogP contribution in [0.5, 0.6) is 11.5 Å². The average molecular weight is 372 g/mol. The van der Waals surface area contributed by atoms with Gasteiger partial charge in [-0.15, -0.1) is 0 Å². The first-order valence-corrected chi connectivity index (χ1v) is 9.22. The van der Waals surface area contributed by atoms with Gasteiger partial charge in [-0.25, -0.2) is 0 Å². The largest absolute Gasteiger partial charge is 0.497 e. The molecule has 1 atom stereocenters. The number of rotatable bonds is 4. The van der Waals surface area contributed by atoms with Crippen LogP contribution in [0.15, 0.2) is 22.7 Å². The molecule has 2 aliphatic heterocycles. The van der Waals surface area contributed by atoms with Crippen LogP contribution in [0.4, 0.5) is 0 Å². The number of aromatic nitrogens is 2. The molecule has 1 amide bonds. The van der Waals surface area contributed by atoms with Crippen LogP contribution in [-0.4, -0.2) is 65.7 Å². The summed E-state index contributed by atoms with van der Waals surface area (Å²) in [7, 11) is 1.64. The number of amides is 1. The SMILES string of the molecule is COc1ccc2c(c1)OC[C@H](C(=O)N1CCN(Cc3noc(C)n3)CC1)C2. The van der Waals surface area contributed by atoms with Gasteiger partial charge in [0, 0.05) is 39.2 Å². The molecule has 144 valence electrons. The van der Waals surface area contributed by atoms with E-state index >= 15 is 0 Å². The minimum atomic E-state index is -0.127. The minimum Gasteiger partial charge on any atom is -0.497 e. The number of aryl methyl sites for hydroxylation is 1. The maximum Gasteiger partial charge on any atom is 0.229 e. The highest BCUT2D eigenvalue weighted by Crippen LogP contribution is 2.31. The number of methoxy groups -OCH3 is 1. The molecule has 2 aliphatic rings. The summed E-state index contributed by atoms with van der Waals surface area (Å²) in [5.74, 6) is 2.91. The summed E-state index contributed by atoms with van der Waals surface area (Å²) in [5.41, 5.74) is 1.06. The molecule has 1 aromatic heterocycles. The fourth-order valence-electron chi connectivity index (χ4n) is 3.63. The van der Waals surface area contributed by atoms with Crippen molar-refractivity contribution in [2.24, 2.45) is 5.92 Å². The van der Waals surface area contributed by atoms with Crippen LogP contribution in [-0.2, 0) is 17.8 Å². The molecule has 1 fully saturated rings. The van der Waals surface area contributed by atoms with Gasteiger partial charge in [0.2, 0.25) is 11.8 Å². The van der Waals surface area contributed by atoms with E-state index in [9.17, 15) is 4.79 Å². The predicted molar refractivity (Wildman–Crippen MR) is 96.6 cm³/mol. The Bertz CT molecular complexity index is 814. The summed E-state index contributed by atoms with van der Waals surface area (Å²) >= 11 is 0. The van der Waals surface area contributed by atoms with E-state index in [0.717, 1.165) is 30.2 Å². The van der Waals surface area contributed by atoms with Gasteiger partial charge >= 0.3 is 0 Å². The van der Waals surface area contributed by atoms with Crippen molar-refractivity contribution in [2.75, 3.05) is 39.9 Å². The molecule has 0 saturated carbocycles. The van der Waals surface area contributed by atoms with E-state index < -0.39 is 0 Å². The molecule has 8 nitrogen and oxygen atoms in total. The Labute approximate surface area is 158 Å². The topological polar surface area (TPSA) is 80.9 Å². The van der Waals surface area contributed by atoms with Gasteiger partial charge in [0.05, 0.1) is 19.6 Å². The van der Waals surface area contributed by atoms with Crippen LogP contribution in [0.3, 0.4) is 0 Å². The Kier molecular flexibility index (Phi) is 4.98. The summed E-state index contributed by atoms with van der Waals surface area (Å²) < 4.78 is 16.1. The lowest BCUT2D eigenvalue weighted by atomic mass is 9.95. The second-order valence-electron chi connectivity index (χ2n) is 7.02. The molecular formula is C19H24N4O4.